The molecule has 1 aromatic carbocycles. The van der Waals surface area contributed by atoms with Crippen LogP contribution < -0.4 is 0 Å². The van der Waals surface area contributed by atoms with Gasteiger partial charge in [0.2, 0.25) is 0 Å². The third-order valence-corrected chi connectivity index (χ3v) is 6.74. The molecule has 0 saturated heterocycles. The summed E-state index contributed by atoms with van der Waals surface area (Å²) in [4.78, 5) is 4.21. The van der Waals surface area contributed by atoms with Crippen LogP contribution in [0.1, 0.15) is 134 Å². The van der Waals surface area contributed by atoms with Crippen LogP contribution >= 0.6 is 0 Å². The zero-order chi connectivity index (χ0) is 22.0. The van der Waals surface area contributed by atoms with Gasteiger partial charge in [0.1, 0.15) is 0 Å². The second-order valence-corrected chi connectivity index (χ2v) is 9.52. The summed E-state index contributed by atoms with van der Waals surface area (Å²) >= 11 is 0. The number of para-hydroxylation sites is 1. The van der Waals surface area contributed by atoms with E-state index < -0.39 is 0 Å². The molecule has 31 heavy (non-hydrogen) atoms. The highest BCUT2D eigenvalue weighted by Crippen LogP contribution is 2.27. The van der Waals surface area contributed by atoms with Crippen molar-refractivity contribution in [3.05, 3.63) is 48.5 Å². The monoisotopic (exact) mass is 424 g/mol. The van der Waals surface area contributed by atoms with Crippen LogP contribution in [0.5, 0.6) is 0 Å². The molecule has 2 heteroatoms. The molecule has 174 valence electrons. The molecule has 0 aliphatic carbocycles. The Balaban J connectivity index is 1.43. The van der Waals surface area contributed by atoms with Gasteiger partial charge < -0.3 is 4.57 Å². The first-order valence-corrected chi connectivity index (χ1v) is 13.4. The van der Waals surface area contributed by atoms with Crippen molar-refractivity contribution in [1.82, 2.24) is 9.55 Å². The Labute approximate surface area is 192 Å². The van der Waals surface area contributed by atoms with Gasteiger partial charge in [-0.25, -0.2) is 4.98 Å². The standard InChI is InChI=1S/C29H48N2/c1-3-4-5-6-7-8-9-10-11-12-13-14-15-16-17-18-21-27(2)28-22-19-20-23-29(28)31-25-24-30-26-31/h19-20,22-27H,3-18,21H2,1-2H3/t27-/m0/s1. The maximum Gasteiger partial charge on any atom is 0.0991 e. The highest BCUT2D eigenvalue weighted by molar-refractivity contribution is 5.42. The van der Waals surface area contributed by atoms with Crippen LogP contribution in [-0.4, -0.2) is 9.55 Å². The minimum absolute atomic E-state index is 0.602. The number of hydrogen-bond acceptors (Lipinski definition) is 1. The van der Waals surface area contributed by atoms with Crippen LogP contribution in [0.25, 0.3) is 5.69 Å². The Morgan fingerprint density at radius 2 is 1.23 bits per heavy atom. The van der Waals surface area contributed by atoms with Crippen LogP contribution in [0.2, 0.25) is 0 Å². The molecular formula is C29H48N2. The SMILES string of the molecule is CCCCCCCCCCCCCCCCCC[C@H](C)c1ccccc1-n1ccnc1. The number of rotatable bonds is 19. The Morgan fingerprint density at radius 1 is 0.710 bits per heavy atom. The number of nitrogens with zero attached hydrogens (tertiary/aromatic N) is 2. The molecule has 0 amide bonds. The molecule has 2 aromatic rings. The molecular weight excluding hydrogens is 376 g/mol. The molecule has 0 aliphatic heterocycles. The topological polar surface area (TPSA) is 17.8 Å². The molecule has 0 aliphatic rings. The van der Waals surface area contributed by atoms with Crippen molar-refractivity contribution in [1.29, 1.82) is 0 Å². The van der Waals surface area contributed by atoms with E-state index in [-0.39, 0.29) is 0 Å². The van der Waals surface area contributed by atoms with Gasteiger partial charge in [0.05, 0.1) is 6.33 Å². The number of benzene rings is 1. The predicted molar refractivity (Wildman–Crippen MR) is 136 cm³/mol. The van der Waals surface area contributed by atoms with Gasteiger partial charge in [-0.05, 0) is 24.0 Å². The summed E-state index contributed by atoms with van der Waals surface area (Å²) in [5, 5.41) is 0. The minimum atomic E-state index is 0.602. The van der Waals surface area contributed by atoms with Crippen LogP contribution in [0.4, 0.5) is 0 Å². The molecule has 2 rings (SSSR count). The molecule has 0 bridgehead atoms. The molecule has 0 radical (unpaired) electrons. The molecule has 0 saturated carbocycles. The third kappa shape index (κ3) is 11.0. The summed E-state index contributed by atoms with van der Waals surface area (Å²) in [6, 6.07) is 8.79. The van der Waals surface area contributed by atoms with Crippen molar-refractivity contribution in [3.63, 3.8) is 0 Å². The maximum absolute atomic E-state index is 4.21. The fourth-order valence-electron chi connectivity index (χ4n) is 4.70. The highest BCUT2D eigenvalue weighted by Gasteiger charge is 2.11. The summed E-state index contributed by atoms with van der Waals surface area (Å²) in [6.45, 7) is 4.67. The third-order valence-electron chi connectivity index (χ3n) is 6.74. The molecule has 0 fully saturated rings. The summed E-state index contributed by atoms with van der Waals surface area (Å²) in [5.74, 6) is 0.602. The van der Waals surface area contributed by atoms with Gasteiger partial charge in [-0.2, -0.15) is 0 Å². The fourth-order valence-corrected chi connectivity index (χ4v) is 4.70. The minimum Gasteiger partial charge on any atom is -0.306 e. The number of imidazole rings is 1. The van der Waals surface area contributed by atoms with E-state index in [9.17, 15) is 0 Å². The number of unbranched alkanes of at least 4 members (excludes halogenated alkanes) is 15. The molecule has 1 atom stereocenters. The summed E-state index contributed by atoms with van der Waals surface area (Å²) in [6.07, 6.45) is 30.0. The predicted octanol–water partition coefficient (Wildman–Crippen LogP) is 9.63. The van der Waals surface area contributed by atoms with Gasteiger partial charge in [-0.15, -0.1) is 0 Å². The normalized spacial score (nSPS) is 12.3. The zero-order valence-corrected chi connectivity index (χ0v) is 20.5. The van der Waals surface area contributed by atoms with E-state index in [1.165, 1.54) is 120 Å². The van der Waals surface area contributed by atoms with Gasteiger partial charge >= 0.3 is 0 Å². The van der Waals surface area contributed by atoms with E-state index >= 15 is 0 Å². The van der Waals surface area contributed by atoms with Crippen molar-refractivity contribution in [2.75, 3.05) is 0 Å². The van der Waals surface area contributed by atoms with Gasteiger partial charge in [0.15, 0.2) is 0 Å². The van der Waals surface area contributed by atoms with E-state index in [0.29, 0.717) is 5.92 Å². The van der Waals surface area contributed by atoms with Gasteiger partial charge in [-0.1, -0.05) is 135 Å². The molecule has 1 heterocycles. The lowest BCUT2D eigenvalue weighted by Crippen LogP contribution is -2.01. The van der Waals surface area contributed by atoms with Gasteiger partial charge in [0, 0.05) is 18.1 Å². The Bertz CT molecular complexity index is 647. The van der Waals surface area contributed by atoms with Crippen LogP contribution in [0.15, 0.2) is 43.0 Å². The molecule has 2 nitrogen and oxygen atoms in total. The van der Waals surface area contributed by atoms with Crippen molar-refractivity contribution < 1.29 is 0 Å². The first kappa shape index (κ1) is 25.7. The van der Waals surface area contributed by atoms with Gasteiger partial charge in [0.25, 0.3) is 0 Å². The Morgan fingerprint density at radius 3 is 1.74 bits per heavy atom. The highest BCUT2D eigenvalue weighted by atomic mass is 15.0. The van der Waals surface area contributed by atoms with Crippen molar-refractivity contribution >= 4 is 0 Å². The lowest BCUT2D eigenvalue weighted by molar-refractivity contribution is 0.521. The molecule has 0 unspecified atom stereocenters. The quantitative estimate of drug-likeness (QED) is 0.205. The Kier molecular flexibility index (Phi) is 14.1. The van der Waals surface area contributed by atoms with Crippen LogP contribution in [0.3, 0.4) is 0 Å². The average molecular weight is 425 g/mol. The van der Waals surface area contributed by atoms with E-state index in [0.717, 1.165) is 0 Å². The van der Waals surface area contributed by atoms with Crippen LogP contribution in [-0.2, 0) is 0 Å². The van der Waals surface area contributed by atoms with E-state index in [1.807, 2.05) is 18.7 Å². The summed E-state index contributed by atoms with van der Waals surface area (Å²) in [7, 11) is 0. The molecule has 0 spiro atoms. The van der Waals surface area contributed by atoms with E-state index in [1.54, 1.807) is 0 Å². The lowest BCUT2D eigenvalue weighted by Gasteiger charge is -2.17. The van der Waals surface area contributed by atoms with Crippen LogP contribution in [0, 0.1) is 0 Å². The second-order valence-electron chi connectivity index (χ2n) is 9.52. The maximum atomic E-state index is 4.21. The van der Waals surface area contributed by atoms with E-state index in [2.05, 4.69) is 47.7 Å². The van der Waals surface area contributed by atoms with E-state index in [4.69, 9.17) is 0 Å². The Hall–Kier alpha value is -1.57. The summed E-state index contributed by atoms with van der Waals surface area (Å²) in [5.41, 5.74) is 2.73. The fraction of sp³-hybridized carbons (Fsp3) is 0.690. The number of aromatic nitrogens is 2. The first-order chi connectivity index (χ1) is 15.3. The zero-order valence-electron chi connectivity index (χ0n) is 20.5. The van der Waals surface area contributed by atoms with Gasteiger partial charge in [-0.3, -0.25) is 0 Å². The lowest BCUT2D eigenvalue weighted by atomic mass is 9.93. The van der Waals surface area contributed by atoms with Crippen molar-refractivity contribution in [3.8, 4) is 5.69 Å². The molecule has 0 N–H and O–H groups in total. The molecule has 1 aromatic heterocycles. The van der Waals surface area contributed by atoms with Crippen molar-refractivity contribution in [2.24, 2.45) is 0 Å². The summed E-state index contributed by atoms with van der Waals surface area (Å²) < 4.78 is 2.14. The largest absolute Gasteiger partial charge is 0.306 e. The average Bonchev–Trinajstić information content (AvgIpc) is 3.33. The number of hydrogen-bond donors (Lipinski definition) is 0. The first-order valence-electron chi connectivity index (χ1n) is 13.4. The van der Waals surface area contributed by atoms with Crippen molar-refractivity contribution in [2.45, 2.75) is 129 Å². The smallest absolute Gasteiger partial charge is 0.0991 e. The second kappa shape index (κ2) is 17.0.